The van der Waals surface area contributed by atoms with Crippen LogP contribution in [-0.4, -0.2) is 50.1 Å². The maximum absolute atomic E-state index is 4.25. The standard InChI is InChI=1S/C14H30N4.HI/c1-14(2,3)17-13(15-4)16-9-6-12-7-10-18(5)11-8-12;/h12H,6-11H2,1-5H3,(H2,15,16,17);1H. The summed E-state index contributed by atoms with van der Waals surface area (Å²) in [6.45, 7) is 9.97. The zero-order valence-electron chi connectivity index (χ0n) is 13.1. The minimum absolute atomic E-state index is 0. The Bertz CT molecular complexity index is 265. The molecular formula is C14H31IN4. The molecule has 1 saturated heterocycles. The van der Waals surface area contributed by atoms with Crippen molar-refractivity contribution in [3.05, 3.63) is 0 Å². The molecule has 19 heavy (non-hydrogen) atoms. The average Bonchev–Trinajstić information content (AvgIpc) is 2.29. The average molecular weight is 382 g/mol. The molecule has 1 aliphatic rings. The van der Waals surface area contributed by atoms with Gasteiger partial charge in [0.2, 0.25) is 0 Å². The highest BCUT2D eigenvalue weighted by molar-refractivity contribution is 14.0. The van der Waals surface area contributed by atoms with E-state index in [0.29, 0.717) is 0 Å². The number of guanidine groups is 1. The van der Waals surface area contributed by atoms with Gasteiger partial charge < -0.3 is 15.5 Å². The Labute approximate surface area is 135 Å². The Balaban J connectivity index is 0.00000324. The minimum atomic E-state index is 0. The van der Waals surface area contributed by atoms with Gasteiger partial charge in [0.15, 0.2) is 5.96 Å². The van der Waals surface area contributed by atoms with Crippen LogP contribution in [-0.2, 0) is 0 Å². The van der Waals surface area contributed by atoms with Crippen molar-refractivity contribution in [1.82, 2.24) is 15.5 Å². The molecule has 0 spiro atoms. The summed E-state index contributed by atoms with van der Waals surface area (Å²) in [4.78, 5) is 6.67. The summed E-state index contributed by atoms with van der Waals surface area (Å²) >= 11 is 0. The monoisotopic (exact) mass is 382 g/mol. The van der Waals surface area contributed by atoms with Gasteiger partial charge in [-0.1, -0.05) is 0 Å². The van der Waals surface area contributed by atoms with Crippen molar-refractivity contribution >= 4 is 29.9 Å². The van der Waals surface area contributed by atoms with Crippen LogP contribution in [0.5, 0.6) is 0 Å². The number of aliphatic imine (C=N–C) groups is 1. The minimum Gasteiger partial charge on any atom is -0.356 e. The second-order valence-electron chi connectivity index (χ2n) is 6.41. The zero-order valence-corrected chi connectivity index (χ0v) is 15.5. The number of rotatable bonds is 3. The molecule has 1 aliphatic heterocycles. The Kier molecular flexibility index (Phi) is 8.98. The highest BCUT2D eigenvalue weighted by Crippen LogP contribution is 2.18. The molecule has 0 aromatic heterocycles. The molecule has 0 aliphatic carbocycles. The molecule has 1 rings (SSSR count). The normalized spacial score (nSPS) is 18.9. The lowest BCUT2D eigenvalue weighted by molar-refractivity contribution is 0.213. The summed E-state index contributed by atoms with van der Waals surface area (Å²) in [5, 5.41) is 6.79. The highest BCUT2D eigenvalue weighted by Gasteiger charge is 2.16. The predicted molar refractivity (Wildman–Crippen MR) is 94.5 cm³/mol. The van der Waals surface area contributed by atoms with E-state index < -0.39 is 0 Å². The summed E-state index contributed by atoms with van der Waals surface area (Å²) in [6, 6.07) is 0. The molecule has 0 unspecified atom stereocenters. The van der Waals surface area contributed by atoms with Gasteiger partial charge in [0.1, 0.15) is 0 Å². The molecule has 2 N–H and O–H groups in total. The molecule has 0 atom stereocenters. The summed E-state index contributed by atoms with van der Waals surface area (Å²) in [5.74, 6) is 1.79. The number of hydrogen-bond donors (Lipinski definition) is 2. The molecule has 4 nitrogen and oxygen atoms in total. The van der Waals surface area contributed by atoms with E-state index in [-0.39, 0.29) is 29.5 Å². The fourth-order valence-electron chi connectivity index (χ4n) is 2.28. The number of piperidine rings is 1. The van der Waals surface area contributed by atoms with E-state index in [1.54, 1.807) is 0 Å². The Hall–Kier alpha value is -0.0400. The molecular weight excluding hydrogens is 351 g/mol. The van der Waals surface area contributed by atoms with Crippen LogP contribution in [0.25, 0.3) is 0 Å². The second kappa shape index (κ2) is 9.00. The molecule has 0 bridgehead atoms. The summed E-state index contributed by atoms with van der Waals surface area (Å²) in [7, 11) is 4.04. The lowest BCUT2D eigenvalue weighted by Gasteiger charge is -2.29. The Morgan fingerprint density at radius 3 is 2.32 bits per heavy atom. The molecule has 1 fully saturated rings. The van der Waals surface area contributed by atoms with Gasteiger partial charge in [-0.3, -0.25) is 4.99 Å². The third-order valence-electron chi connectivity index (χ3n) is 3.40. The van der Waals surface area contributed by atoms with Gasteiger partial charge in [-0.25, -0.2) is 0 Å². The number of nitrogens with one attached hydrogen (secondary N) is 2. The predicted octanol–water partition coefficient (Wildman–Crippen LogP) is 2.30. The van der Waals surface area contributed by atoms with Crippen LogP contribution in [0.1, 0.15) is 40.0 Å². The lowest BCUT2D eigenvalue weighted by Crippen LogP contribution is -2.48. The molecule has 0 aromatic rings. The van der Waals surface area contributed by atoms with Gasteiger partial charge in [0.05, 0.1) is 0 Å². The van der Waals surface area contributed by atoms with E-state index in [1.807, 2.05) is 7.05 Å². The molecule has 5 heteroatoms. The van der Waals surface area contributed by atoms with E-state index >= 15 is 0 Å². The van der Waals surface area contributed by atoms with E-state index in [9.17, 15) is 0 Å². The van der Waals surface area contributed by atoms with Crippen molar-refractivity contribution in [1.29, 1.82) is 0 Å². The first-order valence-electron chi connectivity index (χ1n) is 7.08. The van der Waals surface area contributed by atoms with Crippen LogP contribution in [0.3, 0.4) is 0 Å². The van der Waals surface area contributed by atoms with E-state index in [0.717, 1.165) is 18.4 Å². The van der Waals surface area contributed by atoms with Crippen molar-refractivity contribution in [3.63, 3.8) is 0 Å². The van der Waals surface area contributed by atoms with E-state index in [2.05, 4.69) is 48.3 Å². The first-order chi connectivity index (χ1) is 8.40. The highest BCUT2D eigenvalue weighted by atomic mass is 127. The van der Waals surface area contributed by atoms with Gasteiger partial charge in [-0.05, 0) is 66.1 Å². The summed E-state index contributed by atoms with van der Waals surface area (Å²) in [5.41, 5.74) is 0.0649. The Morgan fingerprint density at radius 1 is 1.26 bits per heavy atom. The van der Waals surface area contributed by atoms with Crippen LogP contribution in [0.4, 0.5) is 0 Å². The molecule has 0 aromatic carbocycles. The second-order valence-corrected chi connectivity index (χ2v) is 6.41. The van der Waals surface area contributed by atoms with E-state index in [1.165, 1.54) is 32.4 Å². The van der Waals surface area contributed by atoms with Gasteiger partial charge >= 0.3 is 0 Å². The van der Waals surface area contributed by atoms with E-state index in [4.69, 9.17) is 0 Å². The van der Waals surface area contributed by atoms with Crippen LogP contribution >= 0.6 is 24.0 Å². The van der Waals surface area contributed by atoms with Gasteiger partial charge in [0.25, 0.3) is 0 Å². The fourth-order valence-corrected chi connectivity index (χ4v) is 2.28. The van der Waals surface area contributed by atoms with Crippen molar-refractivity contribution < 1.29 is 0 Å². The smallest absolute Gasteiger partial charge is 0.191 e. The van der Waals surface area contributed by atoms with Gasteiger partial charge in [-0.15, -0.1) is 24.0 Å². The maximum Gasteiger partial charge on any atom is 0.191 e. The van der Waals surface area contributed by atoms with Crippen LogP contribution in [0, 0.1) is 5.92 Å². The summed E-state index contributed by atoms with van der Waals surface area (Å²) < 4.78 is 0. The SMILES string of the molecule is CN=C(NCCC1CCN(C)CC1)NC(C)(C)C.I. The largest absolute Gasteiger partial charge is 0.356 e. The van der Waals surface area contributed by atoms with Crippen molar-refractivity contribution in [2.45, 2.75) is 45.6 Å². The third kappa shape index (κ3) is 8.68. The molecule has 0 saturated carbocycles. The fraction of sp³-hybridized carbons (Fsp3) is 0.929. The summed E-state index contributed by atoms with van der Waals surface area (Å²) in [6.07, 6.45) is 3.92. The number of hydrogen-bond acceptors (Lipinski definition) is 2. The van der Waals surface area contributed by atoms with Crippen molar-refractivity contribution in [2.24, 2.45) is 10.9 Å². The van der Waals surface area contributed by atoms with Crippen LogP contribution in [0.2, 0.25) is 0 Å². The first-order valence-corrected chi connectivity index (χ1v) is 7.08. The first kappa shape index (κ1) is 19.0. The van der Waals surface area contributed by atoms with Crippen molar-refractivity contribution in [2.75, 3.05) is 33.7 Å². The van der Waals surface area contributed by atoms with Gasteiger partial charge in [0, 0.05) is 19.1 Å². The quantitative estimate of drug-likeness (QED) is 0.447. The van der Waals surface area contributed by atoms with Crippen LogP contribution < -0.4 is 10.6 Å². The topological polar surface area (TPSA) is 39.7 Å². The number of likely N-dealkylation sites (tertiary alicyclic amines) is 1. The maximum atomic E-state index is 4.25. The molecule has 0 radical (unpaired) electrons. The molecule has 0 amide bonds. The molecule has 114 valence electrons. The van der Waals surface area contributed by atoms with Crippen LogP contribution in [0.15, 0.2) is 4.99 Å². The number of nitrogens with zero attached hydrogens (tertiary/aromatic N) is 2. The van der Waals surface area contributed by atoms with Crippen molar-refractivity contribution in [3.8, 4) is 0 Å². The lowest BCUT2D eigenvalue weighted by atomic mass is 9.94. The van der Waals surface area contributed by atoms with Gasteiger partial charge in [-0.2, -0.15) is 0 Å². The zero-order chi connectivity index (χ0) is 13.6. The number of halogens is 1. The Morgan fingerprint density at radius 2 is 1.84 bits per heavy atom. The molecule has 1 heterocycles. The third-order valence-corrected chi connectivity index (χ3v) is 3.40.